The number of carbonyl (C=O) groups is 2. The molecular weight excluding hydrogens is 478 g/mol. The number of halogens is 2. The molecule has 1 fully saturated rings. The Kier molecular flexibility index (Phi) is 6.93. The van der Waals surface area contributed by atoms with Crippen molar-refractivity contribution in [2.45, 2.75) is 26.5 Å². The number of ether oxygens (including phenoxy) is 2. The number of thioether (sulfide) groups is 1. The van der Waals surface area contributed by atoms with Crippen molar-refractivity contribution in [2.24, 2.45) is 0 Å². The molecule has 1 aliphatic rings. The van der Waals surface area contributed by atoms with Crippen LogP contribution in [-0.2, 0) is 11.4 Å². The van der Waals surface area contributed by atoms with E-state index in [4.69, 9.17) is 21.1 Å². The van der Waals surface area contributed by atoms with Gasteiger partial charge in [0.15, 0.2) is 11.5 Å². The summed E-state index contributed by atoms with van der Waals surface area (Å²) >= 11 is 10.6. The van der Waals surface area contributed by atoms with E-state index in [-0.39, 0.29) is 23.8 Å². The average Bonchev–Trinajstić information content (AvgIpc) is 2.96. The third-order valence-electron chi connectivity index (χ3n) is 4.25. The van der Waals surface area contributed by atoms with E-state index in [0.717, 1.165) is 17.3 Å². The normalized spacial score (nSPS) is 15.5. The molecule has 29 heavy (non-hydrogen) atoms. The first-order valence-corrected chi connectivity index (χ1v) is 10.8. The molecule has 0 atom stereocenters. The predicted molar refractivity (Wildman–Crippen MR) is 119 cm³/mol. The van der Waals surface area contributed by atoms with Gasteiger partial charge in [-0.3, -0.25) is 14.5 Å². The van der Waals surface area contributed by atoms with Crippen molar-refractivity contribution in [3.63, 3.8) is 0 Å². The maximum Gasteiger partial charge on any atom is 0.293 e. The van der Waals surface area contributed by atoms with Crippen molar-refractivity contribution < 1.29 is 19.1 Å². The van der Waals surface area contributed by atoms with E-state index in [9.17, 15) is 9.59 Å². The fraction of sp³-hybridized carbons (Fsp3) is 0.238. The molecule has 0 aliphatic carbocycles. The van der Waals surface area contributed by atoms with E-state index in [2.05, 4.69) is 15.9 Å². The number of methoxy groups -OCH3 is 1. The lowest BCUT2D eigenvalue weighted by atomic mass is 10.1. The van der Waals surface area contributed by atoms with Gasteiger partial charge in [-0.15, -0.1) is 0 Å². The average molecular weight is 497 g/mol. The Bertz CT molecular complexity index is 993. The van der Waals surface area contributed by atoms with Crippen LogP contribution in [0, 0.1) is 0 Å². The first-order chi connectivity index (χ1) is 13.8. The first-order valence-electron chi connectivity index (χ1n) is 8.82. The van der Waals surface area contributed by atoms with Crippen molar-refractivity contribution in [2.75, 3.05) is 7.11 Å². The lowest BCUT2D eigenvalue weighted by molar-refractivity contribution is -0.123. The Morgan fingerprint density at radius 3 is 2.55 bits per heavy atom. The lowest BCUT2D eigenvalue weighted by Crippen LogP contribution is -2.34. The van der Waals surface area contributed by atoms with Crippen LogP contribution in [0.15, 0.2) is 45.8 Å². The van der Waals surface area contributed by atoms with Gasteiger partial charge in [0, 0.05) is 21.1 Å². The number of hydrogen-bond donors (Lipinski definition) is 0. The summed E-state index contributed by atoms with van der Waals surface area (Å²) in [5.74, 6) is 0.751. The highest BCUT2D eigenvalue weighted by molar-refractivity contribution is 9.10. The summed E-state index contributed by atoms with van der Waals surface area (Å²) in [6.07, 6.45) is 1.68. The second kappa shape index (κ2) is 9.24. The maximum atomic E-state index is 12.5. The molecule has 2 amide bonds. The molecule has 1 saturated heterocycles. The van der Waals surface area contributed by atoms with E-state index in [1.165, 1.54) is 4.90 Å². The number of hydrogen-bond acceptors (Lipinski definition) is 5. The van der Waals surface area contributed by atoms with Crippen molar-refractivity contribution >= 4 is 56.5 Å². The molecule has 2 aromatic carbocycles. The SMILES string of the molecule is COc1cc(/C=C2/SC(=O)N(C(C)C)C2=O)c(Br)cc1OCc1ccccc1Cl. The summed E-state index contributed by atoms with van der Waals surface area (Å²) in [7, 11) is 1.54. The largest absolute Gasteiger partial charge is 0.493 e. The number of carbonyl (C=O) groups excluding carboxylic acids is 2. The molecule has 1 heterocycles. The summed E-state index contributed by atoms with van der Waals surface area (Å²) in [5.41, 5.74) is 1.57. The van der Waals surface area contributed by atoms with Crippen LogP contribution in [0.25, 0.3) is 6.08 Å². The molecule has 0 radical (unpaired) electrons. The van der Waals surface area contributed by atoms with Crippen LogP contribution in [0.5, 0.6) is 11.5 Å². The predicted octanol–water partition coefficient (Wildman–Crippen LogP) is 6.13. The zero-order valence-electron chi connectivity index (χ0n) is 16.1. The third-order valence-corrected chi connectivity index (χ3v) is 6.19. The van der Waals surface area contributed by atoms with Crippen LogP contribution in [0.1, 0.15) is 25.0 Å². The molecule has 0 aromatic heterocycles. The molecule has 0 bridgehead atoms. The van der Waals surface area contributed by atoms with E-state index in [0.29, 0.717) is 31.5 Å². The third kappa shape index (κ3) is 4.79. The zero-order valence-corrected chi connectivity index (χ0v) is 19.2. The Labute approximate surface area is 187 Å². The van der Waals surface area contributed by atoms with Gasteiger partial charge in [0.2, 0.25) is 0 Å². The van der Waals surface area contributed by atoms with Gasteiger partial charge in [0.1, 0.15) is 6.61 Å². The Hall–Kier alpha value is -1.96. The zero-order chi connectivity index (χ0) is 21.1. The molecule has 0 saturated carbocycles. The van der Waals surface area contributed by atoms with Crippen LogP contribution in [0.2, 0.25) is 5.02 Å². The topological polar surface area (TPSA) is 55.8 Å². The van der Waals surface area contributed by atoms with Gasteiger partial charge in [0.05, 0.1) is 12.0 Å². The van der Waals surface area contributed by atoms with Crippen LogP contribution in [0.3, 0.4) is 0 Å². The molecule has 8 heteroatoms. The van der Waals surface area contributed by atoms with Gasteiger partial charge >= 0.3 is 0 Å². The number of rotatable bonds is 6. The summed E-state index contributed by atoms with van der Waals surface area (Å²) in [5, 5.41) is 0.363. The van der Waals surface area contributed by atoms with Crippen LogP contribution < -0.4 is 9.47 Å². The quantitative estimate of drug-likeness (QED) is 0.450. The highest BCUT2D eigenvalue weighted by Gasteiger charge is 2.36. The Balaban J connectivity index is 1.86. The molecule has 1 aliphatic heterocycles. The van der Waals surface area contributed by atoms with Crippen LogP contribution in [0.4, 0.5) is 4.79 Å². The molecular formula is C21H19BrClNO4S. The minimum atomic E-state index is -0.292. The minimum Gasteiger partial charge on any atom is -0.493 e. The molecule has 5 nitrogen and oxygen atoms in total. The molecule has 0 N–H and O–H groups in total. The van der Waals surface area contributed by atoms with Gasteiger partial charge < -0.3 is 9.47 Å². The monoisotopic (exact) mass is 495 g/mol. The van der Waals surface area contributed by atoms with Crippen molar-refractivity contribution in [1.29, 1.82) is 0 Å². The number of imide groups is 1. The van der Waals surface area contributed by atoms with E-state index >= 15 is 0 Å². The molecule has 0 spiro atoms. The van der Waals surface area contributed by atoms with Crippen molar-refractivity contribution in [3.05, 3.63) is 61.9 Å². The van der Waals surface area contributed by atoms with Gasteiger partial charge in [-0.2, -0.15) is 0 Å². The maximum absolute atomic E-state index is 12.5. The van der Waals surface area contributed by atoms with Gasteiger partial charge in [-0.05, 0) is 55.4 Å². The number of benzene rings is 2. The summed E-state index contributed by atoms with van der Waals surface area (Å²) in [4.78, 5) is 26.2. The number of amides is 2. The molecule has 2 aromatic rings. The molecule has 0 unspecified atom stereocenters. The van der Waals surface area contributed by atoms with E-state index in [1.807, 2.05) is 32.0 Å². The van der Waals surface area contributed by atoms with Gasteiger partial charge in [-0.25, -0.2) is 0 Å². The van der Waals surface area contributed by atoms with Gasteiger partial charge in [0.25, 0.3) is 11.1 Å². The second-order valence-corrected chi connectivity index (χ2v) is 8.80. The Morgan fingerprint density at radius 1 is 1.21 bits per heavy atom. The van der Waals surface area contributed by atoms with Crippen molar-refractivity contribution in [1.82, 2.24) is 4.90 Å². The summed E-state index contributed by atoms with van der Waals surface area (Å²) in [6, 6.07) is 10.8. The second-order valence-electron chi connectivity index (χ2n) is 6.55. The highest BCUT2D eigenvalue weighted by atomic mass is 79.9. The van der Waals surface area contributed by atoms with Crippen LogP contribution >= 0.6 is 39.3 Å². The fourth-order valence-corrected chi connectivity index (χ4v) is 4.35. The summed E-state index contributed by atoms with van der Waals surface area (Å²) < 4.78 is 12.1. The van der Waals surface area contributed by atoms with Crippen molar-refractivity contribution in [3.8, 4) is 11.5 Å². The van der Waals surface area contributed by atoms with E-state index < -0.39 is 0 Å². The first kappa shape index (κ1) is 21.7. The van der Waals surface area contributed by atoms with Crippen LogP contribution in [-0.4, -0.2) is 29.2 Å². The minimum absolute atomic E-state index is 0.188. The Morgan fingerprint density at radius 2 is 1.93 bits per heavy atom. The van der Waals surface area contributed by atoms with E-state index in [1.54, 1.807) is 31.4 Å². The molecule has 3 rings (SSSR count). The highest BCUT2D eigenvalue weighted by Crippen LogP contribution is 2.38. The molecule has 152 valence electrons. The fourth-order valence-electron chi connectivity index (χ4n) is 2.77. The smallest absolute Gasteiger partial charge is 0.293 e. The number of nitrogens with zero attached hydrogens (tertiary/aromatic N) is 1. The lowest BCUT2D eigenvalue weighted by Gasteiger charge is -2.16. The summed E-state index contributed by atoms with van der Waals surface area (Å²) in [6.45, 7) is 3.90. The van der Waals surface area contributed by atoms with Gasteiger partial charge in [-0.1, -0.05) is 45.7 Å². The standard InChI is InChI=1S/C21H19BrClNO4S/c1-12(2)24-20(25)19(29-21(24)26)9-14-8-17(27-3)18(10-15(14)22)28-11-13-6-4-5-7-16(13)23/h4-10,12H,11H2,1-3H3/b19-9+.